The van der Waals surface area contributed by atoms with Gasteiger partial charge in [0.1, 0.15) is 0 Å². The molecule has 4 heteroatoms. The summed E-state index contributed by atoms with van der Waals surface area (Å²) >= 11 is 0. The molecule has 4 aliphatic carbocycles. The van der Waals surface area contributed by atoms with Crippen LogP contribution in [0.2, 0.25) is 0 Å². The molecule has 1 unspecified atom stereocenters. The third-order valence-corrected chi connectivity index (χ3v) is 6.89. The zero-order valence-corrected chi connectivity index (χ0v) is 17.0. The summed E-state index contributed by atoms with van der Waals surface area (Å²) in [6.45, 7) is 6.03. The second-order valence-corrected chi connectivity index (χ2v) is 9.46. The van der Waals surface area contributed by atoms with Crippen LogP contribution < -0.4 is 10.6 Å². The molecule has 0 aromatic rings. The van der Waals surface area contributed by atoms with Crippen LogP contribution in [0.5, 0.6) is 0 Å². The van der Waals surface area contributed by atoms with E-state index < -0.39 is 0 Å². The number of carbonyl (C=O) groups excluding carboxylic acids is 1. The smallest absolute Gasteiger partial charge is 0.315 e. The quantitative estimate of drug-likeness (QED) is 0.506. The van der Waals surface area contributed by atoms with E-state index in [9.17, 15) is 4.79 Å². The van der Waals surface area contributed by atoms with Crippen LogP contribution in [0.4, 0.5) is 4.79 Å². The Bertz CT molecular complexity index is 416. The van der Waals surface area contributed by atoms with Crippen molar-refractivity contribution in [1.82, 2.24) is 10.6 Å². The molecule has 4 saturated carbocycles. The third-order valence-electron chi connectivity index (χ3n) is 6.89. The van der Waals surface area contributed by atoms with Crippen LogP contribution in [0.1, 0.15) is 90.9 Å². The Hall–Kier alpha value is -0.770. The largest absolute Gasteiger partial charge is 0.379 e. The molecule has 4 bridgehead atoms. The Morgan fingerprint density at radius 3 is 2.31 bits per heavy atom. The minimum absolute atomic E-state index is 0.0661. The van der Waals surface area contributed by atoms with Gasteiger partial charge in [0.25, 0.3) is 0 Å². The second kappa shape index (κ2) is 9.43. The van der Waals surface area contributed by atoms with E-state index in [4.69, 9.17) is 4.74 Å². The first-order valence-electron chi connectivity index (χ1n) is 11.3. The van der Waals surface area contributed by atoms with E-state index >= 15 is 0 Å². The van der Waals surface area contributed by atoms with Gasteiger partial charge in [-0.05, 0) is 88.9 Å². The molecule has 26 heavy (non-hydrogen) atoms. The maximum Gasteiger partial charge on any atom is 0.315 e. The van der Waals surface area contributed by atoms with Gasteiger partial charge in [-0.25, -0.2) is 4.79 Å². The molecule has 0 spiro atoms. The molecular formula is C22H40N2O2. The minimum Gasteiger partial charge on any atom is -0.379 e. The highest BCUT2D eigenvalue weighted by Crippen LogP contribution is 2.55. The van der Waals surface area contributed by atoms with Gasteiger partial charge in [0.15, 0.2) is 0 Å². The molecule has 0 saturated heterocycles. The summed E-state index contributed by atoms with van der Waals surface area (Å²) in [5.41, 5.74) is 0.126. The van der Waals surface area contributed by atoms with Crippen molar-refractivity contribution in [2.75, 3.05) is 13.2 Å². The van der Waals surface area contributed by atoms with Crippen molar-refractivity contribution >= 4 is 6.03 Å². The lowest BCUT2D eigenvalue weighted by Gasteiger charge is -2.56. The number of nitrogens with one attached hydrogen (secondary N) is 2. The number of carbonyl (C=O) groups is 1. The molecule has 1 atom stereocenters. The van der Waals surface area contributed by atoms with Crippen LogP contribution in [0.15, 0.2) is 0 Å². The number of unbranched alkanes of at least 4 members (excludes halogenated alkanes) is 3. The Morgan fingerprint density at radius 2 is 1.69 bits per heavy atom. The molecule has 0 radical (unpaired) electrons. The molecule has 4 aliphatic rings. The van der Waals surface area contributed by atoms with Gasteiger partial charge in [0.2, 0.25) is 0 Å². The Labute approximate surface area is 160 Å². The zero-order chi connectivity index (χ0) is 18.4. The van der Waals surface area contributed by atoms with E-state index in [1.165, 1.54) is 57.8 Å². The second-order valence-electron chi connectivity index (χ2n) is 9.46. The van der Waals surface area contributed by atoms with Crippen molar-refractivity contribution in [3.05, 3.63) is 0 Å². The monoisotopic (exact) mass is 364 g/mol. The van der Waals surface area contributed by atoms with Crippen LogP contribution in [-0.2, 0) is 4.74 Å². The maximum atomic E-state index is 12.4. The highest BCUT2D eigenvalue weighted by Gasteiger charge is 2.51. The minimum atomic E-state index is 0.0661. The molecule has 0 heterocycles. The van der Waals surface area contributed by atoms with Gasteiger partial charge in [-0.15, -0.1) is 0 Å². The number of hydrogen-bond acceptors (Lipinski definition) is 2. The SMILES string of the molecule is CCCCC(C)OCCCCCNC(=O)NC12CC3CC(CC(C3)C1)C2. The summed E-state index contributed by atoms with van der Waals surface area (Å²) in [5.74, 6) is 2.63. The van der Waals surface area contributed by atoms with Crippen molar-refractivity contribution in [2.24, 2.45) is 17.8 Å². The summed E-state index contributed by atoms with van der Waals surface area (Å²) in [5, 5.41) is 6.48. The fourth-order valence-electron chi connectivity index (χ4n) is 6.01. The van der Waals surface area contributed by atoms with Crippen LogP contribution in [0, 0.1) is 17.8 Å². The molecule has 2 N–H and O–H groups in total. The van der Waals surface area contributed by atoms with Gasteiger partial charge in [-0.2, -0.15) is 0 Å². The van der Waals surface area contributed by atoms with Gasteiger partial charge < -0.3 is 15.4 Å². The van der Waals surface area contributed by atoms with Crippen molar-refractivity contribution in [2.45, 2.75) is 103 Å². The lowest BCUT2D eigenvalue weighted by molar-refractivity contribution is -0.0135. The summed E-state index contributed by atoms with van der Waals surface area (Å²) < 4.78 is 5.83. The van der Waals surface area contributed by atoms with Gasteiger partial charge in [-0.1, -0.05) is 19.8 Å². The number of hydrogen-bond donors (Lipinski definition) is 2. The Morgan fingerprint density at radius 1 is 1.04 bits per heavy atom. The summed E-state index contributed by atoms with van der Waals surface area (Å²) in [6.07, 6.45) is 15.2. The third kappa shape index (κ3) is 5.61. The first-order valence-corrected chi connectivity index (χ1v) is 11.3. The Kier molecular flexibility index (Phi) is 7.25. The van der Waals surface area contributed by atoms with Crippen LogP contribution in [-0.4, -0.2) is 30.8 Å². The predicted molar refractivity (Wildman–Crippen MR) is 106 cm³/mol. The summed E-state index contributed by atoms with van der Waals surface area (Å²) in [6, 6.07) is 0.0661. The average Bonchev–Trinajstić information content (AvgIpc) is 2.57. The van der Waals surface area contributed by atoms with Gasteiger partial charge in [0, 0.05) is 18.7 Å². The highest BCUT2D eigenvalue weighted by atomic mass is 16.5. The van der Waals surface area contributed by atoms with Crippen LogP contribution in [0.3, 0.4) is 0 Å². The van der Waals surface area contributed by atoms with Crippen molar-refractivity contribution in [3.63, 3.8) is 0 Å². The lowest BCUT2D eigenvalue weighted by Crippen LogP contribution is -2.61. The first-order chi connectivity index (χ1) is 12.6. The van der Waals surface area contributed by atoms with Gasteiger partial charge >= 0.3 is 6.03 Å². The maximum absolute atomic E-state index is 12.4. The topological polar surface area (TPSA) is 50.4 Å². The van der Waals surface area contributed by atoms with Crippen molar-refractivity contribution in [3.8, 4) is 0 Å². The Balaban J connectivity index is 1.23. The van der Waals surface area contributed by atoms with E-state index in [2.05, 4.69) is 24.5 Å². The predicted octanol–water partition coefficient (Wildman–Crippen LogP) is 5.02. The molecule has 4 rings (SSSR count). The number of rotatable bonds is 11. The molecule has 4 fully saturated rings. The zero-order valence-electron chi connectivity index (χ0n) is 17.0. The molecule has 2 amide bonds. The van der Waals surface area contributed by atoms with Crippen molar-refractivity contribution in [1.29, 1.82) is 0 Å². The molecule has 0 aromatic heterocycles. The molecule has 150 valence electrons. The average molecular weight is 365 g/mol. The molecule has 0 aromatic carbocycles. The van der Waals surface area contributed by atoms with E-state index in [1.807, 2.05) is 0 Å². The van der Waals surface area contributed by atoms with E-state index in [-0.39, 0.29) is 11.6 Å². The number of ether oxygens (including phenoxy) is 1. The van der Waals surface area contributed by atoms with E-state index in [0.29, 0.717) is 6.10 Å². The number of amides is 2. The van der Waals surface area contributed by atoms with Crippen LogP contribution >= 0.6 is 0 Å². The fraction of sp³-hybridized carbons (Fsp3) is 0.955. The van der Waals surface area contributed by atoms with E-state index in [0.717, 1.165) is 50.2 Å². The highest BCUT2D eigenvalue weighted by molar-refractivity contribution is 5.74. The molecule has 0 aliphatic heterocycles. The lowest BCUT2D eigenvalue weighted by atomic mass is 9.53. The summed E-state index contributed by atoms with van der Waals surface area (Å²) in [4.78, 5) is 12.4. The van der Waals surface area contributed by atoms with Gasteiger partial charge in [-0.3, -0.25) is 0 Å². The normalized spacial score (nSPS) is 33.2. The summed E-state index contributed by atoms with van der Waals surface area (Å²) in [7, 11) is 0. The first kappa shape index (κ1) is 20.0. The fourth-order valence-corrected chi connectivity index (χ4v) is 6.01. The van der Waals surface area contributed by atoms with Gasteiger partial charge in [0.05, 0.1) is 6.10 Å². The number of urea groups is 1. The molecule has 4 nitrogen and oxygen atoms in total. The van der Waals surface area contributed by atoms with E-state index in [1.54, 1.807) is 0 Å². The molecular weight excluding hydrogens is 324 g/mol. The van der Waals surface area contributed by atoms with Crippen LogP contribution in [0.25, 0.3) is 0 Å². The van der Waals surface area contributed by atoms with Crippen molar-refractivity contribution < 1.29 is 9.53 Å². The standard InChI is InChI=1S/C22H40N2O2/c1-3-4-8-17(2)26-10-7-5-6-9-23-21(25)24-22-14-18-11-19(15-22)13-20(12-18)16-22/h17-20H,3-16H2,1-2H3,(H2,23,24,25).